The van der Waals surface area contributed by atoms with Crippen LogP contribution >= 0.6 is 0 Å². The summed E-state index contributed by atoms with van der Waals surface area (Å²) >= 11 is 0. The van der Waals surface area contributed by atoms with Gasteiger partial charge in [-0.1, -0.05) is 18.2 Å². The number of carbonyl (C=O) groups is 1. The molecule has 2 aromatic carbocycles. The summed E-state index contributed by atoms with van der Waals surface area (Å²) < 4.78 is 32.3. The lowest BCUT2D eigenvalue weighted by atomic mass is 10.0. The smallest absolute Gasteiger partial charge is 0.251 e. The predicted octanol–water partition coefficient (Wildman–Crippen LogP) is 2.08. The lowest BCUT2D eigenvalue weighted by molar-refractivity contribution is 0.0930. The molecule has 0 radical (unpaired) electrons. The number of hydrogen-bond donors (Lipinski definition) is 2. The molecule has 0 aromatic heterocycles. The third-order valence-corrected chi connectivity index (χ3v) is 5.99. The molecule has 1 atom stereocenters. The Kier molecular flexibility index (Phi) is 4.53. The molecule has 1 aliphatic heterocycles. The van der Waals surface area contributed by atoms with Crippen LogP contribution in [0.25, 0.3) is 0 Å². The van der Waals surface area contributed by atoms with Crippen molar-refractivity contribution in [3.63, 3.8) is 0 Å². The standard InChI is InChI=1S/C18H20N2O4S/c1-11-8-13(9-17(12(11)2)25(22,23)19-3)18(21)20-15-10-24-16-7-5-4-6-14(15)16/h4-9,15,19H,10H2,1-3H3,(H,20,21)/t15-/m1/s1. The number of nitrogens with one attached hydrogen (secondary N) is 2. The van der Waals surface area contributed by atoms with E-state index in [1.807, 2.05) is 24.3 Å². The van der Waals surface area contributed by atoms with Crippen LogP contribution < -0.4 is 14.8 Å². The van der Waals surface area contributed by atoms with Gasteiger partial charge in [-0.15, -0.1) is 0 Å². The SMILES string of the molecule is CNS(=O)(=O)c1cc(C(=O)N[C@@H]2COc3ccccc32)cc(C)c1C. The zero-order valence-corrected chi connectivity index (χ0v) is 15.1. The van der Waals surface area contributed by atoms with Crippen molar-refractivity contribution in [1.82, 2.24) is 10.0 Å². The summed E-state index contributed by atoms with van der Waals surface area (Å²) in [6.07, 6.45) is 0. The molecule has 2 aromatic rings. The number of aryl methyl sites for hydroxylation is 1. The molecule has 1 amide bonds. The van der Waals surface area contributed by atoms with Gasteiger partial charge in [0.25, 0.3) is 5.91 Å². The number of benzene rings is 2. The minimum atomic E-state index is -3.64. The van der Waals surface area contributed by atoms with E-state index in [2.05, 4.69) is 10.0 Å². The third-order valence-electron chi connectivity index (χ3n) is 4.45. The average molecular weight is 360 g/mol. The van der Waals surface area contributed by atoms with Gasteiger partial charge in [-0.3, -0.25) is 4.79 Å². The van der Waals surface area contributed by atoms with Gasteiger partial charge in [0.15, 0.2) is 0 Å². The van der Waals surface area contributed by atoms with Gasteiger partial charge in [-0.2, -0.15) is 0 Å². The number of para-hydroxylation sites is 1. The van der Waals surface area contributed by atoms with Crippen molar-refractivity contribution in [2.24, 2.45) is 0 Å². The van der Waals surface area contributed by atoms with Gasteiger partial charge in [0, 0.05) is 11.1 Å². The summed E-state index contributed by atoms with van der Waals surface area (Å²) in [6, 6.07) is 10.4. The second-order valence-electron chi connectivity index (χ2n) is 6.00. The molecule has 3 rings (SSSR count). The minimum absolute atomic E-state index is 0.114. The van der Waals surface area contributed by atoms with Crippen LogP contribution in [0, 0.1) is 13.8 Å². The van der Waals surface area contributed by atoms with Crippen LogP contribution in [0.3, 0.4) is 0 Å². The first-order valence-corrected chi connectivity index (χ1v) is 9.39. The summed E-state index contributed by atoms with van der Waals surface area (Å²) in [4.78, 5) is 12.8. The first-order chi connectivity index (χ1) is 11.8. The molecule has 0 saturated heterocycles. The minimum Gasteiger partial charge on any atom is -0.491 e. The molecule has 0 fully saturated rings. The van der Waals surface area contributed by atoms with Gasteiger partial charge in [0.2, 0.25) is 10.0 Å². The molecule has 132 valence electrons. The molecule has 7 heteroatoms. The van der Waals surface area contributed by atoms with Gasteiger partial charge in [-0.05, 0) is 50.2 Å². The summed E-state index contributed by atoms with van der Waals surface area (Å²) in [7, 11) is -2.29. The molecule has 2 N–H and O–H groups in total. The highest BCUT2D eigenvalue weighted by atomic mass is 32.2. The quantitative estimate of drug-likeness (QED) is 0.874. The maximum atomic E-state index is 12.7. The first-order valence-electron chi connectivity index (χ1n) is 7.91. The van der Waals surface area contributed by atoms with E-state index in [-0.39, 0.29) is 16.8 Å². The largest absolute Gasteiger partial charge is 0.491 e. The van der Waals surface area contributed by atoms with Crippen molar-refractivity contribution in [3.05, 3.63) is 58.7 Å². The molecule has 0 bridgehead atoms. The maximum Gasteiger partial charge on any atom is 0.251 e. The molecule has 0 unspecified atom stereocenters. The Labute approximate surface area is 147 Å². The van der Waals surface area contributed by atoms with Crippen LogP contribution in [0.2, 0.25) is 0 Å². The van der Waals surface area contributed by atoms with E-state index in [9.17, 15) is 13.2 Å². The Bertz CT molecular complexity index is 938. The van der Waals surface area contributed by atoms with Gasteiger partial charge >= 0.3 is 0 Å². The van der Waals surface area contributed by atoms with Crippen LogP contribution in [-0.4, -0.2) is 28.0 Å². The zero-order chi connectivity index (χ0) is 18.2. The Morgan fingerprint density at radius 3 is 2.64 bits per heavy atom. The van der Waals surface area contributed by atoms with E-state index in [0.29, 0.717) is 17.7 Å². The van der Waals surface area contributed by atoms with Crippen LogP contribution in [0.15, 0.2) is 41.3 Å². The summed E-state index contributed by atoms with van der Waals surface area (Å²) in [5.41, 5.74) is 2.59. The number of rotatable bonds is 4. The Morgan fingerprint density at radius 1 is 1.20 bits per heavy atom. The normalized spacial score (nSPS) is 16.2. The molecule has 25 heavy (non-hydrogen) atoms. The lowest BCUT2D eigenvalue weighted by Crippen LogP contribution is -2.30. The summed E-state index contributed by atoms with van der Waals surface area (Å²) in [6.45, 7) is 3.87. The number of fused-ring (bicyclic) bond motifs is 1. The fourth-order valence-electron chi connectivity index (χ4n) is 2.87. The number of hydrogen-bond acceptors (Lipinski definition) is 4. The van der Waals surface area contributed by atoms with E-state index in [1.54, 1.807) is 19.9 Å². The van der Waals surface area contributed by atoms with Crippen molar-refractivity contribution < 1.29 is 17.9 Å². The van der Waals surface area contributed by atoms with Crippen molar-refractivity contribution in [2.75, 3.05) is 13.7 Å². The van der Waals surface area contributed by atoms with E-state index in [1.165, 1.54) is 13.1 Å². The van der Waals surface area contributed by atoms with Crippen LogP contribution in [0.4, 0.5) is 0 Å². The lowest BCUT2D eigenvalue weighted by Gasteiger charge is -2.15. The number of sulfonamides is 1. The Hall–Kier alpha value is -2.38. The monoisotopic (exact) mass is 360 g/mol. The molecule has 0 saturated carbocycles. The van der Waals surface area contributed by atoms with Crippen LogP contribution in [0.1, 0.15) is 33.1 Å². The Balaban J connectivity index is 1.91. The molecule has 6 nitrogen and oxygen atoms in total. The average Bonchev–Trinajstić information content (AvgIpc) is 3.00. The summed E-state index contributed by atoms with van der Waals surface area (Å²) in [5.74, 6) is 0.423. The van der Waals surface area contributed by atoms with Gasteiger partial charge in [0.05, 0.1) is 10.9 Å². The molecule has 0 spiro atoms. The second kappa shape index (κ2) is 6.50. The number of ether oxygens (including phenoxy) is 1. The summed E-state index contributed by atoms with van der Waals surface area (Å²) in [5, 5.41) is 2.92. The second-order valence-corrected chi connectivity index (χ2v) is 7.85. The highest BCUT2D eigenvalue weighted by Gasteiger charge is 2.26. The van der Waals surface area contributed by atoms with Gasteiger partial charge in [0.1, 0.15) is 12.4 Å². The van der Waals surface area contributed by atoms with Crippen molar-refractivity contribution in [2.45, 2.75) is 24.8 Å². The van der Waals surface area contributed by atoms with E-state index in [0.717, 1.165) is 16.9 Å². The fraction of sp³-hybridized carbons (Fsp3) is 0.278. The molecular formula is C18H20N2O4S. The number of carbonyl (C=O) groups excluding carboxylic acids is 1. The Morgan fingerprint density at radius 2 is 1.92 bits per heavy atom. The molecule has 1 heterocycles. The van der Waals surface area contributed by atoms with Crippen LogP contribution in [0.5, 0.6) is 5.75 Å². The fourth-order valence-corrected chi connectivity index (χ4v) is 3.94. The van der Waals surface area contributed by atoms with E-state index >= 15 is 0 Å². The van der Waals surface area contributed by atoms with E-state index in [4.69, 9.17) is 4.74 Å². The highest BCUT2D eigenvalue weighted by Crippen LogP contribution is 2.32. The molecule has 1 aliphatic rings. The van der Waals surface area contributed by atoms with Crippen molar-refractivity contribution >= 4 is 15.9 Å². The highest BCUT2D eigenvalue weighted by molar-refractivity contribution is 7.89. The van der Waals surface area contributed by atoms with Crippen molar-refractivity contribution in [3.8, 4) is 5.75 Å². The van der Waals surface area contributed by atoms with Crippen LogP contribution in [-0.2, 0) is 10.0 Å². The van der Waals surface area contributed by atoms with E-state index < -0.39 is 10.0 Å². The molecular weight excluding hydrogens is 340 g/mol. The maximum absolute atomic E-state index is 12.7. The third kappa shape index (κ3) is 3.25. The van der Waals surface area contributed by atoms with Gasteiger partial charge < -0.3 is 10.1 Å². The zero-order valence-electron chi connectivity index (χ0n) is 14.3. The number of amides is 1. The first kappa shape index (κ1) is 17.4. The van der Waals surface area contributed by atoms with Gasteiger partial charge in [-0.25, -0.2) is 13.1 Å². The molecule has 0 aliphatic carbocycles. The van der Waals surface area contributed by atoms with Crippen molar-refractivity contribution in [1.29, 1.82) is 0 Å². The predicted molar refractivity (Wildman–Crippen MR) is 94.3 cm³/mol. The topological polar surface area (TPSA) is 84.5 Å².